The highest BCUT2D eigenvalue weighted by molar-refractivity contribution is 6.15. The van der Waals surface area contributed by atoms with Crippen LogP contribution in [0.3, 0.4) is 0 Å². The lowest BCUT2D eigenvalue weighted by atomic mass is 9.98. The summed E-state index contributed by atoms with van der Waals surface area (Å²) in [6.45, 7) is 3.83. The molecule has 0 aliphatic heterocycles. The lowest BCUT2D eigenvalue weighted by Crippen LogP contribution is -1.86. The molecule has 0 heteroatoms. The quantitative estimate of drug-likeness (QED) is 0.418. The third-order valence-electron chi connectivity index (χ3n) is 4.18. The molecule has 0 fully saturated rings. The average molecular weight is 256 g/mol. The Morgan fingerprint density at radius 3 is 2.35 bits per heavy atom. The monoisotopic (exact) mass is 256 g/mol. The Balaban J connectivity index is 2.03. The molecule has 3 aromatic rings. The maximum atomic E-state index is 3.83. The highest BCUT2D eigenvalue weighted by Crippen LogP contribution is 2.47. The Labute approximate surface area is 119 Å². The molecular weight excluding hydrogens is 240 g/mol. The first-order valence-corrected chi connectivity index (χ1v) is 7.15. The van der Waals surface area contributed by atoms with Gasteiger partial charge in [-0.15, -0.1) is 6.58 Å². The van der Waals surface area contributed by atoms with Gasteiger partial charge in [0.15, 0.2) is 0 Å². The minimum Gasteiger partial charge on any atom is -0.103 e. The second-order valence-electron chi connectivity index (χ2n) is 5.42. The largest absolute Gasteiger partial charge is 0.103 e. The van der Waals surface area contributed by atoms with Gasteiger partial charge in [-0.2, -0.15) is 0 Å². The molecule has 20 heavy (non-hydrogen) atoms. The van der Waals surface area contributed by atoms with Gasteiger partial charge in [0.05, 0.1) is 0 Å². The number of hydrogen-bond donors (Lipinski definition) is 0. The van der Waals surface area contributed by atoms with Gasteiger partial charge in [0, 0.05) is 0 Å². The van der Waals surface area contributed by atoms with E-state index in [-0.39, 0.29) is 0 Å². The Hall–Kier alpha value is -2.34. The summed E-state index contributed by atoms with van der Waals surface area (Å²) >= 11 is 0. The van der Waals surface area contributed by atoms with Gasteiger partial charge in [-0.25, -0.2) is 0 Å². The van der Waals surface area contributed by atoms with Crippen molar-refractivity contribution in [1.29, 1.82) is 0 Å². The van der Waals surface area contributed by atoms with Crippen LogP contribution in [0.4, 0.5) is 0 Å². The van der Waals surface area contributed by atoms with Gasteiger partial charge in [0.2, 0.25) is 0 Å². The smallest absolute Gasteiger partial charge is 0.00262 e. The van der Waals surface area contributed by atoms with Gasteiger partial charge in [-0.05, 0) is 51.4 Å². The maximum Gasteiger partial charge on any atom is -0.00262 e. The van der Waals surface area contributed by atoms with E-state index in [0.29, 0.717) is 0 Å². The van der Waals surface area contributed by atoms with Crippen molar-refractivity contribution in [3.8, 4) is 22.3 Å². The summed E-state index contributed by atoms with van der Waals surface area (Å²) < 4.78 is 0. The van der Waals surface area contributed by atoms with E-state index in [1.807, 2.05) is 6.08 Å². The van der Waals surface area contributed by atoms with Crippen LogP contribution >= 0.6 is 0 Å². The van der Waals surface area contributed by atoms with Crippen LogP contribution < -0.4 is 0 Å². The predicted octanol–water partition coefficient (Wildman–Crippen LogP) is 5.61. The Bertz CT molecular complexity index is 825. The van der Waals surface area contributed by atoms with Crippen molar-refractivity contribution in [2.75, 3.05) is 0 Å². The van der Waals surface area contributed by atoms with E-state index in [2.05, 4.69) is 61.2 Å². The lowest BCUT2D eigenvalue weighted by Gasteiger charge is -2.06. The maximum absolute atomic E-state index is 3.83. The van der Waals surface area contributed by atoms with Gasteiger partial charge in [-0.3, -0.25) is 0 Å². The molecular formula is C20H16. The fourth-order valence-electron chi connectivity index (χ4n) is 3.29. The normalized spacial score (nSPS) is 11.6. The van der Waals surface area contributed by atoms with Crippen LogP contribution in [0.5, 0.6) is 0 Å². The molecule has 1 aliphatic carbocycles. The first-order valence-electron chi connectivity index (χ1n) is 7.15. The average Bonchev–Trinajstić information content (AvgIpc) is 2.82. The van der Waals surface area contributed by atoms with Gasteiger partial charge < -0.3 is 0 Å². The molecule has 0 amide bonds. The molecule has 0 unspecified atom stereocenters. The van der Waals surface area contributed by atoms with Crippen LogP contribution in [0.15, 0.2) is 67.3 Å². The van der Waals surface area contributed by atoms with Crippen LogP contribution in [0.1, 0.15) is 12.0 Å². The molecule has 0 atom stereocenters. The zero-order valence-corrected chi connectivity index (χ0v) is 11.4. The van der Waals surface area contributed by atoms with E-state index in [1.165, 1.54) is 38.6 Å². The van der Waals surface area contributed by atoms with E-state index >= 15 is 0 Å². The molecule has 0 saturated carbocycles. The summed E-state index contributed by atoms with van der Waals surface area (Å²) in [5, 5.41) is 2.77. The number of aryl methyl sites for hydroxylation is 1. The third-order valence-corrected chi connectivity index (χ3v) is 4.18. The highest BCUT2D eigenvalue weighted by Gasteiger charge is 2.20. The topological polar surface area (TPSA) is 0 Å². The number of allylic oxidation sites excluding steroid dienone is 1. The molecule has 0 aromatic heterocycles. The Morgan fingerprint density at radius 1 is 0.800 bits per heavy atom. The first kappa shape index (κ1) is 11.5. The van der Waals surface area contributed by atoms with Crippen molar-refractivity contribution < 1.29 is 0 Å². The second kappa shape index (κ2) is 4.35. The van der Waals surface area contributed by atoms with Crippen LogP contribution in [0.25, 0.3) is 33.0 Å². The van der Waals surface area contributed by atoms with Crippen LogP contribution in [0.2, 0.25) is 0 Å². The van der Waals surface area contributed by atoms with Crippen molar-refractivity contribution in [2.45, 2.75) is 12.8 Å². The summed E-state index contributed by atoms with van der Waals surface area (Å²) in [5.41, 5.74) is 6.92. The molecule has 96 valence electrons. The Morgan fingerprint density at radius 2 is 1.55 bits per heavy atom. The minimum atomic E-state index is 1.03. The fraction of sp³-hybridized carbons (Fsp3) is 0.100. The van der Waals surface area contributed by atoms with E-state index in [9.17, 15) is 0 Å². The Kier molecular flexibility index (Phi) is 2.50. The SMILES string of the molecule is C=CCCc1cc2c3c(cccc3c1)-c1ccccc1-2. The minimum absolute atomic E-state index is 1.03. The second-order valence-corrected chi connectivity index (χ2v) is 5.42. The molecule has 0 N–H and O–H groups in total. The standard InChI is InChI=1S/C20H16/c1-2-3-7-14-12-15-8-6-11-18-16-9-4-5-10-17(16)19(13-14)20(15)18/h2,4-6,8-13H,1,3,7H2. The molecule has 4 rings (SSSR count). The van der Waals surface area contributed by atoms with Crippen LogP contribution in [-0.4, -0.2) is 0 Å². The molecule has 0 heterocycles. The molecule has 0 nitrogen and oxygen atoms in total. The number of fused-ring (bicyclic) bond motifs is 3. The first-order chi connectivity index (χ1) is 9.88. The zero-order valence-electron chi connectivity index (χ0n) is 11.4. The van der Waals surface area contributed by atoms with Crippen LogP contribution in [0, 0.1) is 0 Å². The fourth-order valence-corrected chi connectivity index (χ4v) is 3.29. The molecule has 0 saturated heterocycles. The van der Waals surface area contributed by atoms with Crippen molar-refractivity contribution in [3.63, 3.8) is 0 Å². The van der Waals surface area contributed by atoms with Crippen molar-refractivity contribution in [1.82, 2.24) is 0 Å². The van der Waals surface area contributed by atoms with E-state index in [1.54, 1.807) is 0 Å². The van der Waals surface area contributed by atoms with Gasteiger partial charge >= 0.3 is 0 Å². The van der Waals surface area contributed by atoms with E-state index in [4.69, 9.17) is 0 Å². The lowest BCUT2D eigenvalue weighted by molar-refractivity contribution is 1.01. The number of benzene rings is 3. The summed E-state index contributed by atoms with van der Waals surface area (Å²) in [4.78, 5) is 0. The summed E-state index contributed by atoms with van der Waals surface area (Å²) in [6.07, 6.45) is 4.10. The molecule has 0 spiro atoms. The zero-order chi connectivity index (χ0) is 13.5. The summed E-state index contributed by atoms with van der Waals surface area (Å²) in [6, 6.07) is 20.1. The van der Waals surface area contributed by atoms with Crippen molar-refractivity contribution in [3.05, 3.63) is 72.8 Å². The predicted molar refractivity (Wildman–Crippen MR) is 86.9 cm³/mol. The number of rotatable bonds is 3. The highest BCUT2D eigenvalue weighted by atomic mass is 14.2. The summed E-state index contributed by atoms with van der Waals surface area (Å²) in [7, 11) is 0. The van der Waals surface area contributed by atoms with E-state index < -0.39 is 0 Å². The van der Waals surface area contributed by atoms with Gasteiger partial charge in [-0.1, -0.05) is 60.7 Å². The van der Waals surface area contributed by atoms with Crippen molar-refractivity contribution in [2.24, 2.45) is 0 Å². The molecule has 1 aliphatic rings. The number of hydrogen-bond acceptors (Lipinski definition) is 0. The molecule has 0 radical (unpaired) electrons. The molecule has 3 aromatic carbocycles. The summed E-state index contributed by atoms with van der Waals surface area (Å²) in [5.74, 6) is 0. The van der Waals surface area contributed by atoms with Crippen LogP contribution in [-0.2, 0) is 6.42 Å². The van der Waals surface area contributed by atoms with E-state index in [0.717, 1.165) is 12.8 Å². The third kappa shape index (κ3) is 1.55. The molecule has 0 bridgehead atoms. The van der Waals surface area contributed by atoms with Crippen molar-refractivity contribution >= 4 is 10.8 Å². The van der Waals surface area contributed by atoms with Gasteiger partial charge in [0.1, 0.15) is 0 Å². The van der Waals surface area contributed by atoms with Gasteiger partial charge in [0.25, 0.3) is 0 Å².